The topological polar surface area (TPSA) is 66.9 Å². The van der Waals surface area contributed by atoms with Gasteiger partial charge in [0.15, 0.2) is 5.60 Å². The molecule has 0 aromatic heterocycles. The average molecular weight is 501 g/mol. The van der Waals surface area contributed by atoms with Crippen molar-refractivity contribution in [3.8, 4) is 0 Å². The molecule has 6 heteroatoms. The summed E-state index contributed by atoms with van der Waals surface area (Å²) in [5.41, 5.74) is 2.80. The Labute approximate surface area is 219 Å². The molecule has 0 bridgehead atoms. The zero-order valence-electron chi connectivity index (χ0n) is 21.9. The lowest BCUT2D eigenvalue weighted by Crippen LogP contribution is -2.40. The molecule has 1 atom stereocenters. The number of esters is 1. The zero-order chi connectivity index (χ0) is 25.8. The predicted molar refractivity (Wildman–Crippen MR) is 140 cm³/mol. The van der Waals surface area contributed by atoms with Crippen LogP contribution in [0.4, 0.5) is 0 Å². The molecule has 2 amide bonds. The molecular formula is C31H36N2O4. The highest BCUT2D eigenvalue weighted by atomic mass is 16.6. The van der Waals surface area contributed by atoms with Gasteiger partial charge < -0.3 is 14.5 Å². The summed E-state index contributed by atoms with van der Waals surface area (Å²) in [6, 6.07) is 16.2. The largest absolute Gasteiger partial charge is 0.449 e. The first kappa shape index (κ1) is 24.2. The molecule has 1 spiro atoms. The number of carbonyl (C=O) groups excluding carboxylic acids is 3. The van der Waals surface area contributed by atoms with Crippen LogP contribution in [0, 0.1) is 5.92 Å². The number of ether oxygens (including phenoxy) is 1. The van der Waals surface area contributed by atoms with Gasteiger partial charge in [0.1, 0.15) is 0 Å². The van der Waals surface area contributed by atoms with Crippen LogP contribution in [0.2, 0.25) is 0 Å². The van der Waals surface area contributed by atoms with Gasteiger partial charge in [-0.15, -0.1) is 0 Å². The summed E-state index contributed by atoms with van der Waals surface area (Å²) in [5, 5.41) is 0. The van der Waals surface area contributed by atoms with E-state index < -0.39 is 11.0 Å². The molecule has 2 aromatic rings. The molecule has 0 N–H and O–H groups in total. The minimum atomic E-state index is -0.700. The molecule has 6 nitrogen and oxygen atoms in total. The highest BCUT2D eigenvalue weighted by Gasteiger charge is 2.57. The molecule has 3 aliphatic heterocycles. The monoisotopic (exact) mass is 500 g/mol. The van der Waals surface area contributed by atoms with Gasteiger partial charge in [-0.3, -0.25) is 9.59 Å². The Morgan fingerprint density at radius 3 is 2.32 bits per heavy atom. The van der Waals surface area contributed by atoms with E-state index in [4.69, 9.17) is 4.74 Å². The smallest absolute Gasteiger partial charge is 0.339 e. The van der Waals surface area contributed by atoms with Crippen molar-refractivity contribution in [2.45, 2.75) is 69.3 Å². The van der Waals surface area contributed by atoms with E-state index in [1.54, 1.807) is 0 Å². The van der Waals surface area contributed by atoms with Gasteiger partial charge in [-0.25, -0.2) is 4.79 Å². The van der Waals surface area contributed by atoms with Gasteiger partial charge in [0.2, 0.25) is 11.8 Å². The Morgan fingerprint density at radius 2 is 1.65 bits per heavy atom. The van der Waals surface area contributed by atoms with Crippen LogP contribution in [-0.2, 0) is 25.3 Å². The molecule has 0 radical (unpaired) electrons. The van der Waals surface area contributed by atoms with E-state index in [1.165, 1.54) is 5.56 Å². The Balaban J connectivity index is 1.11. The van der Waals surface area contributed by atoms with Crippen molar-refractivity contribution in [1.29, 1.82) is 0 Å². The third kappa shape index (κ3) is 4.14. The third-order valence-corrected chi connectivity index (χ3v) is 8.97. The van der Waals surface area contributed by atoms with Crippen LogP contribution in [-0.4, -0.2) is 53.8 Å². The molecule has 3 fully saturated rings. The van der Waals surface area contributed by atoms with Gasteiger partial charge >= 0.3 is 5.97 Å². The Kier molecular flexibility index (Phi) is 5.89. The maximum atomic E-state index is 13.8. The number of likely N-dealkylation sites (tertiary alicyclic amines) is 2. The molecule has 194 valence electrons. The number of nitrogens with zero attached hydrogens (tertiary/aromatic N) is 2. The minimum Gasteiger partial charge on any atom is -0.449 e. The SMILES string of the molecule is CC(C)CC(=O)N1CCC(c2ccc(C3(C(=O)N4CCC5(C4)OC(=O)c4ccccc45)CC3)cc2)CC1. The van der Waals surface area contributed by atoms with Crippen molar-refractivity contribution < 1.29 is 19.1 Å². The summed E-state index contributed by atoms with van der Waals surface area (Å²) in [6.45, 7) is 6.87. The number of hydrogen-bond acceptors (Lipinski definition) is 4. The number of hydrogen-bond donors (Lipinski definition) is 0. The number of amides is 2. The van der Waals surface area contributed by atoms with Crippen molar-refractivity contribution >= 4 is 17.8 Å². The molecule has 37 heavy (non-hydrogen) atoms. The number of carbonyl (C=O) groups is 3. The van der Waals surface area contributed by atoms with Crippen molar-refractivity contribution in [3.63, 3.8) is 0 Å². The fourth-order valence-electron chi connectivity index (χ4n) is 6.67. The van der Waals surface area contributed by atoms with Crippen molar-refractivity contribution in [2.24, 2.45) is 5.92 Å². The van der Waals surface area contributed by atoms with Gasteiger partial charge in [-0.1, -0.05) is 56.3 Å². The van der Waals surface area contributed by atoms with Crippen LogP contribution >= 0.6 is 0 Å². The Bertz CT molecular complexity index is 1220. The van der Waals surface area contributed by atoms with Crippen LogP contribution in [0.15, 0.2) is 48.5 Å². The van der Waals surface area contributed by atoms with Crippen LogP contribution in [0.25, 0.3) is 0 Å². The minimum absolute atomic E-state index is 0.162. The summed E-state index contributed by atoms with van der Waals surface area (Å²) in [4.78, 5) is 42.6. The molecule has 6 rings (SSSR count). The van der Waals surface area contributed by atoms with Gasteiger partial charge in [-0.05, 0) is 54.7 Å². The lowest BCUT2D eigenvalue weighted by molar-refractivity contribution is -0.134. The van der Waals surface area contributed by atoms with E-state index in [2.05, 4.69) is 38.1 Å². The van der Waals surface area contributed by atoms with E-state index in [1.807, 2.05) is 34.1 Å². The second kappa shape index (κ2) is 9.00. The van der Waals surface area contributed by atoms with Gasteiger partial charge in [0.25, 0.3) is 0 Å². The average Bonchev–Trinajstić information content (AvgIpc) is 3.54. The van der Waals surface area contributed by atoms with Crippen LogP contribution < -0.4 is 0 Å². The number of rotatable bonds is 5. The van der Waals surface area contributed by atoms with E-state index in [0.717, 1.165) is 49.9 Å². The molecule has 1 saturated carbocycles. The van der Waals surface area contributed by atoms with E-state index >= 15 is 0 Å². The van der Waals surface area contributed by atoms with Crippen LogP contribution in [0.5, 0.6) is 0 Å². The second-order valence-electron chi connectivity index (χ2n) is 11.9. The van der Waals surface area contributed by atoms with Crippen molar-refractivity contribution in [3.05, 3.63) is 70.8 Å². The van der Waals surface area contributed by atoms with Crippen LogP contribution in [0.1, 0.15) is 85.3 Å². The lowest BCUT2D eigenvalue weighted by atomic mass is 9.86. The van der Waals surface area contributed by atoms with Crippen LogP contribution in [0.3, 0.4) is 0 Å². The maximum absolute atomic E-state index is 13.8. The van der Waals surface area contributed by atoms with Crippen molar-refractivity contribution in [2.75, 3.05) is 26.2 Å². The quantitative estimate of drug-likeness (QED) is 0.555. The normalized spacial score (nSPS) is 24.5. The lowest BCUT2D eigenvalue weighted by Gasteiger charge is -2.33. The molecular weight excluding hydrogens is 464 g/mol. The first-order valence-electron chi connectivity index (χ1n) is 13.8. The molecule has 1 aliphatic carbocycles. The maximum Gasteiger partial charge on any atom is 0.339 e. The summed E-state index contributed by atoms with van der Waals surface area (Å²) in [7, 11) is 0. The van der Waals surface area contributed by atoms with Gasteiger partial charge in [0, 0.05) is 38.0 Å². The second-order valence-corrected chi connectivity index (χ2v) is 11.9. The molecule has 3 heterocycles. The molecule has 4 aliphatic rings. The number of benzene rings is 2. The molecule has 2 aromatic carbocycles. The summed E-state index contributed by atoms with van der Waals surface area (Å²) < 4.78 is 5.87. The van der Waals surface area contributed by atoms with E-state index in [9.17, 15) is 14.4 Å². The van der Waals surface area contributed by atoms with Gasteiger partial charge in [-0.2, -0.15) is 0 Å². The Hall–Kier alpha value is -3.15. The highest BCUT2D eigenvalue weighted by Crippen LogP contribution is 2.52. The Morgan fingerprint density at radius 1 is 0.946 bits per heavy atom. The standard InChI is InChI=1S/C31H36N2O4/c1-21(2)19-27(34)32-16-11-23(12-17-32)22-7-9-24(10-8-22)30(13-14-30)29(36)33-18-15-31(20-33)26-6-4-3-5-25(26)28(35)37-31/h3-10,21,23H,11-20H2,1-2H3. The fraction of sp³-hybridized carbons (Fsp3) is 0.516. The molecule has 2 saturated heterocycles. The molecule has 1 unspecified atom stereocenters. The zero-order valence-corrected chi connectivity index (χ0v) is 21.9. The van der Waals surface area contributed by atoms with Crippen molar-refractivity contribution in [1.82, 2.24) is 9.80 Å². The van der Waals surface area contributed by atoms with Gasteiger partial charge in [0.05, 0.1) is 17.5 Å². The van der Waals surface area contributed by atoms with E-state index in [-0.39, 0.29) is 17.8 Å². The number of piperidine rings is 1. The summed E-state index contributed by atoms with van der Waals surface area (Å²) in [6.07, 6.45) is 4.98. The fourth-order valence-corrected chi connectivity index (χ4v) is 6.67. The highest BCUT2D eigenvalue weighted by molar-refractivity contribution is 5.96. The summed E-state index contributed by atoms with van der Waals surface area (Å²) in [5.74, 6) is 1.01. The third-order valence-electron chi connectivity index (χ3n) is 8.97. The first-order valence-corrected chi connectivity index (χ1v) is 13.8. The first-order chi connectivity index (χ1) is 17.8. The van der Waals surface area contributed by atoms with E-state index in [0.29, 0.717) is 43.3 Å². The number of fused-ring (bicyclic) bond motifs is 2. The summed E-state index contributed by atoms with van der Waals surface area (Å²) >= 11 is 0. The predicted octanol–water partition coefficient (Wildman–Crippen LogP) is 4.77.